The molecule has 1 unspecified atom stereocenters. The zero-order valence-electron chi connectivity index (χ0n) is 15.8. The summed E-state index contributed by atoms with van der Waals surface area (Å²) < 4.78 is 10.3. The Morgan fingerprint density at radius 1 is 1.19 bits per heavy atom. The predicted molar refractivity (Wildman–Crippen MR) is 100 cm³/mol. The summed E-state index contributed by atoms with van der Waals surface area (Å²) in [5.74, 6) is -0.300. The monoisotopic (exact) mass is 382 g/mol. The van der Waals surface area contributed by atoms with Crippen LogP contribution in [0.4, 0.5) is 4.79 Å². The van der Waals surface area contributed by atoms with Crippen LogP contribution < -0.4 is 5.32 Å². The smallest absolute Gasteiger partial charge is 0.407 e. The van der Waals surface area contributed by atoms with E-state index in [0.717, 1.165) is 18.4 Å². The zero-order chi connectivity index (χ0) is 19.3. The molecule has 1 aliphatic heterocycles. The summed E-state index contributed by atoms with van der Waals surface area (Å²) in [6.07, 6.45) is 1.07. The van der Waals surface area contributed by atoms with E-state index < -0.39 is 17.7 Å². The summed E-state index contributed by atoms with van der Waals surface area (Å²) in [6.45, 7) is 6.85. The van der Waals surface area contributed by atoms with Gasteiger partial charge in [0.15, 0.2) is 0 Å². The number of carbonyl (C=O) groups excluding carboxylic acids is 2. The van der Waals surface area contributed by atoms with Crippen molar-refractivity contribution in [2.75, 3.05) is 20.2 Å². The molecule has 0 aromatic heterocycles. The van der Waals surface area contributed by atoms with E-state index in [4.69, 9.17) is 21.1 Å². The van der Waals surface area contributed by atoms with Gasteiger partial charge in [-0.1, -0.05) is 23.7 Å². The van der Waals surface area contributed by atoms with Gasteiger partial charge in [-0.2, -0.15) is 0 Å². The highest BCUT2D eigenvalue weighted by Gasteiger charge is 2.32. The van der Waals surface area contributed by atoms with Gasteiger partial charge in [-0.15, -0.1) is 0 Å². The zero-order valence-corrected chi connectivity index (χ0v) is 16.5. The van der Waals surface area contributed by atoms with Crippen LogP contribution in [0, 0.1) is 0 Å². The minimum atomic E-state index is -0.519. The third-order valence-corrected chi connectivity index (χ3v) is 4.48. The molecule has 1 N–H and O–H groups in total. The minimum absolute atomic E-state index is 0.0321. The van der Waals surface area contributed by atoms with E-state index in [9.17, 15) is 9.59 Å². The van der Waals surface area contributed by atoms with E-state index in [1.54, 1.807) is 12.1 Å². The van der Waals surface area contributed by atoms with Crippen LogP contribution in [0.25, 0.3) is 0 Å². The van der Waals surface area contributed by atoms with Crippen LogP contribution in [0.3, 0.4) is 0 Å². The molecule has 6 nitrogen and oxygen atoms in total. The number of benzene rings is 1. The van der Waals surface area contributed by atoms with Gasteiger partial charge in [0.2, 0.25) is 0 Å². The fourth-order valence-electron chi connectivity index (χ4n) is 3.03. The first-order valence-electron chi connectivity index (χ1n) is 8.76. The van der Waals surface area contributed by atoms with Crippen molar-refractivity contribution in [2.45, 2.75) is 51.3 Å². The van der Waals surface area contributed by atoms with Gasteiger partial charge < -0.3 is 14.8 Å². The summed E-state index contributed by atoms with van der Waals surface area (Å²) >= 11 is 5.95. The second-order valence-corrected chi connectivity index (χ2v) is 7.87. The molecule has 0 saturated carbocycles. The number of halogens is 1. The third kappa shape index (κ3) is 5.88. The van der Waals surface area contributed by atoms with E-state index in [0.29, 0.717) is 18.1 Å². The number of hydrogen-bond acceptors (Lipinski definition) is 5. The average Bonchev–Trinajstić information content (AvgIpc) is 2.56. The summed E-state index contributed by atoms with van der Waals surface area (Å²) in [4.78, 5) is 26.3. The Morgan fingerprint density at radius 2 is 1.77 bits per heavy atom. The van der Waals surface area contributed by atoms with Crippen LogP contribution in [-0.2, 0) is 14.3 Å². The summed E-state index contributed by atoms with van der Waals surface area (Å²) in [7, 11) is 1.39. The molecule has 0 spiro atoms. The van der Waals surface area contributed by atoms with Gasteiger partial charge in [0.1, 0.15) is 11.6 Å². The molecule has 0 bridgehead atoms. The van der Waals surface area contributed by atoms with E-state index in [1.165, 1.54) is 7.11 Å². The Kier molecular flexibility index (Phi) is 6.89. The van der Waals surface area contributed by atoms with Gasteiger partial charge in [0.25, 0.3) is 0 Å². The summed E-state index contributed by atoms with van der Waals surface area (Å²) in [5, 5.41) is 3.53. The number of esters is 1. The Morgan fingerprint density at radius 3 is 2.27 bits per heavy atom. The fourth-order valence-corrected chi connectivity index (χ4v) is 3.15. The van der Waals surface area contributed by atoms with E-state index in [-0.39, 0.29) is 12.0 Å². The third-order valence-electron chi connectivity index (χ3n) is 4.23. The molecule has 0 aliphatic carbocycles. The Labute approximate surface area is 159 Å². The van der Waals surface area contributed by atoms with Crippen molar-refractivity contribution in [3.05, 3.63) is 34.9 Å². The highest BCUT2D eigenvalue weighted by molar-refractivity contribution is 6.30. The number of nitrogens with zero attached hydrogens (tertiary/aromatic N) is 1. The molecule has 26 heavy (non-hydrogen) atoms. The maximum atomic E-state index is 12.3. The highest BCUT2D eigenvalue weighted by Crippen LogP contribution is 2.27. The van der Waals surface area contributed by atoms with Crippen LogP contribution in [0.1, 0.15) is 45.2 Å². The number of nitrogens with one attached hydrogen (secondary N) is 1. The van der Waals surface area contributed by atoms with Crippen LogP contribution in [0.2, 0.25) is 5.02 Å². The standard InChI is InChI=1S/C19H27ClN2O4/c1-19(2,3)26-18(24)21-15-9-11-22(12-10-15)16(17(23)25-4)13-5-7-14(20)8-6-13/h5-8,15-16H,9-12H2,1-4H3,(H,21,24). The Balaban J connectivity index is 1.98. The fraction of sp³-hybridized carbons (Fsp3) is 0.579. The number of amides is 1. The molecule has 1 aliphatic rings. The first-order chi connectivity index (χ1) is 12.2. The molecule has 0 radical (unpaired) electrons. The Hall–Kier alpha value is -1.79. The van der Waals surface area contributed by atoms with Gasteiger partial charge >= 0.3 is 12.1 Å². The average molecular weight is 383 g/mol. The quantitative estimate of drug-likeness (QED) is 0.806. The van der Waals surface area contributed by atoms with E-state index in [1.807, 2.05) is 32.9 Å². The molecular weight excluding hydrogens is 356 g/mol. The number of methoxy groups -OCH3 is 1. The molecule has 1 aromatic carbocycles. The van der Waals surface area contributed by atoms with Crippen molar-refractivity contribution in [3.63, 3.8) is 0 Å². The molecule has 1 atom stereocenters. The number of likely N-dealkylation sites (tertiary alicyclic amines) is 1. The number of piperidine rings is 1. The van der Waals surface area contributed by atoms with Crippen molar-refractivity contribution in [3.8, 4) is 0 Å². The lowest BCUT2D eigenvalue weighted by atomic mass is 9.99. The van der Waals surface area contributed by atoms with E-state index >= 15 is 0 Å². The first-order valence-corrected chi connectivity index (χ1v) is 9.14. The van der Waals surface area contributed by atoms with Gasteiger partial charge in [-0.05, 0) is 51.3 Å². The SMILES string of the molecule is COC(=O)C(c1ccc(Cl)cc1)N1CCC(NC(=O)OC(C)(C)C)CC1. The number of carbonyl (C=O) groups is 2. The lowest BCUT2D eigenvalue weighted by Gasteiger charge is -2.36. The maximum Gasteiger partial charge on any atom is 0.407 e. The van der Waals surface area contributed by atoms with Gasteiger partial charge in [0.05, 0.1) is 7.11 Å². The lowest BCUT2D eigenvalue weighted by Crippen LogP contribution is -2.48. The predicted octanol–water partition coefficient (Wildman–Crippen LogP) is 3.54. The molecule has 1 fully saturated rings. The van der Waals surface area contributed by atoms with Crippen molar-refractivity contribution < 1.29 is 19.1 Å². The van der Waals surface area contributed by atoms with Crippen molar-refractivity contribution >= 4 is 23.7 Å². The highest BCUT2D eigenvalue weighted by atomic mass is 35.5. The second-order valence-electron chi connectivity index (χ2n) is 7.43. The normalized spacial score (nSPS) is 17.4. The maximum absolute atomic E-state index is 12.3. The molecule has 7 heteroatoms. The molecule has 1 saturated heterocycles. The summed E-state index contributed by atoms with van der Waals surface area (Å²) in [5.41, 5.74) is 0.329. The van der Waals surface area contributed by atoms with Gasteiger partial charge in [-0.3, -0.25) is 4.90 Å². The van der Waals surface area contributed by atoms with Crippen LogP contribution in [0.5, 0.6) is 0 Å². The number of alkyl carbamates (subject to hydrolysis) is 1. The summed E-state index contributed by atoms with van der Waals surface area (Å²) in [6, 6.07) is 6.78. The minimum Gasteiger partial charge on any atom is -0.468 e. The molecular formula is C19H27ClN2O4. The molecule has 144 valence electrons. The molecule has 2 rings (SSSR count). The first kappa shape index (κ1) is 20.5. The van der Waals surface area contributed by atoms with Gasteiger partial charge in [0, 0.05) is 24.2 Å². The van der Waals surface area contributed by atoms with Gasteiger partial charge in [-0.25, -0.2) is 9.59 Å². The van der Waals surface area contributed by atoms with E-state index in [2.05, 4.69) is 10.2 Å². The van der Waals surface area contributed by atoms with Crippen molar-refractivity contribution in [2.24, 2.45) is 0 Å². The Bertz CT molecular complexity index is 619. The number of rotatable bonds is 4. The van der Waals surface area contributed by atoms with Crippen LogP contribution in [0.15, 0.2) is 24.3 Å². The molecule has 1 heterocycles. The second kappa shape index (κ2) is 8.73. The lowest BCUT2D eigenvalue weighted by molar-refractivity contribution is -0.147. The van der Waals surface area contributed by atoms with Crippen LogP contribution >= 0.6 is 11.6 Å². The number of ether oxygens (including phenoxy) is 2. The topological polar surface area (TPSA) is 67.9 Å². The van der Waals surface area contributed by atoms with Crippen molar-refractivity contribution in [1.82, 2.24) is 10.2 Å². The molecule has 1 amide bonds. The van der Waals surface area contributed by atoms with Crippen LogP contribution in [-0.4, -0.2) is 48.8 Å². The molecule has 1 aromatic rings. The largest absolute Gasteiger partial charge is 0.468 e. The van der Waals surface area contributed by atoms with Crippen molar-refractivity contribution in [1.29, 1.82) is 0 Å². The number of hydrogen-bond donors (Lipinski definition) is 1.